The van der Waals surface area contributed by atoms with Gasteiger partial charge in [-0.3, -0.25) is 10.1 Å². The van der Waals surface area contributed by atoms with Gasteiger partial charge in [-0.15, -0.1) is 0 Å². The van der Waals surface area contributed by atoms with Crippen molar-refractivity contribution in [1.29, 1.82) is 0 Å². The molecule has 1 aliphatic rings. The summed E-state index contributed by atoms with van der Waals surface area (Å²) in [6.45, 7) is -0.511. The van der Waals surface area contributed by atoms with E-state index in [1.165, 1.54) is 0 Å². The number of nitro groups is 1. The van der Waals surface area contributed by atoms with Crippen LogP contribution in [0.25, 0.3) is 0 Å². The molecule has 1 saturated heterocycles. The van der Waals surface area contributed by atoms with Gasteiger partial charge in [-0.2, -0.15) is 0 Å². The highest BCUT2D eigenvalue weighted by Crippen LogP contribution is 2.33. The molecule has 0 saturated carbocycles. The Morgan fingerprint density at radius 1 is 1.15 bits per heavy atom. The average molecular weight is 363 g/mol. The highest BCUT2D eigenvalue weighted by atomic mass is 16.6. The van der Waals surface area contributed by atoms with Gasteiger partial charge in [0.05, 0.1) is 11.5 Å². The lowest BCUT2D eigenvalue weighted by Crippen LogP contribution is -2.36. The highest BCUT2D eigenvalue weighted by molar-refractivity contribution is 5.73. The molecule has 3 rings (SSSR count). The van der Waals surface area contributed by atoms with Crippen molar-refractivity contribution in [2.75, 3.05) is 17.2 Å². The van der Waals surface area contributed by atoms with Crippen LogP contribution in [-0.4, -0.2) is 61.4 Å². The maximum absolute atomic E-state index is 11.5. The Kier molecular flexibility index (Phi) is 5.23. The fraction of sp³-hybridized carbons (Fsp3) is 0.333. The molecule has 4 atom stereocenters. The second kappa shape index (κ2) is 7.58. The average Bonchev–Trinajstić information content (AvgIpc) is 2.90. The Balaban J connectivity index is 1.88. The van der Waals surface area contributed by atoms with E-state index in [0.717, 1.165) is 6.33 Å². The van der Waals surface area contributed by atoms with Crippen molar-refractivity contribution in [3.63, 3.8) is 0 Å². The van der Waals surface area contributed by atoms with Gasteiger partial charge < -0.3 is 30.7 Å². The van der Waals surface area contributed by atoms with Gasteiger partial charge in [-0.25, -0.2) is 9.97 Å². The summed E-state index contributed by atoms with van der Waals surface area (Å²) in [5, 5.41) is 45.8. The molecule has 0 radical (unpaired) electrons. The second-order valence-corrected chi connectivity index (χ2v) is 5.57. The van der Waals surface area contributed by atoms with Crippen molar-refractivity contribution in [2.45, 2.75) is 24.5 Å². The summed E-state index contributed by atoms with van der Waals surface area (Å²) in [6.07, 6.45) is -3.81. The normalized spacial score (nSPS) is 25.0. The third-order valence-electron chi connectivity index (χ3n) is 3.86. The number of anilines is 3. The Labute approximate surface area is 147 Å². The number of aliphatic hydroxyl groups excluding tert-OH is 3. The fourth-order valence-corrected chi connectivity index (χ4v) is 2.56. The van der Waals surface area contributed by atoms with Gasteiger partial charge in [0, 0.05) is 5.69 Å². The third-order valence-corrected chi connectivity index (χ3v) is 3.86. The molecular formula is C15H17N5O6. The number of nitrogens with zero attached hydrogens (tertiary/aromatic N) is 3. The first-order chi connectivity index (χ1) is 12.5. The summed E-state index contributed by atoms with van der Waals surface area (Å²) in [7, 11) is 0. The number of rotatable bonds is 6. The first-order valence-electron chi connectivity index (χ1n) is 7.71. The predicted octanol–water partition coefficient (Wildman–Crippen LogP) is -0.0207. The van der Waals surface area contributed by atoms with Crippen LogP contribution in [0.4, 0.5) is 23.0 Å². The van der Waals surface area contributed by atoms with Crippen LogP contribution < -0.4 is 10.6 Å². The Bertz CT molecular complexity index is 776. The minimum atomic E-state index is -1.40. The van der Waals surface area contributed by atoms with Gasteiger partial charge in [0.1, 0.15) is 24.6 Å². The van der Waals surface area contributed by atoms with Gasteiger partial charge in [-0.1, -0.05) is 18.2 Å². The maximum Gasteiger partial charge on any atom is 0.353 e. The largest absolute Gasteiger partial charge is 0.394 e. The molecule has 5 N–H and O–H groups in total. The zero-order valence-corrected chi connectivity index (χ0v) is 13.4. The van der Waals surface area contributed by atoms with Gasteiger partial charge >= 0.3 is 5.69 Å². The zero-order chi connectivity index (χ0) is 18.7. The number of aliphatic hydroxyl groups is 3. The number of benzene rings is 1. The molecule has 0 bridgehead atoms. The molecule has 1 aromatic carbocycles. The van der Waals surface area contributed by atoms with Crippen molar-refractivity contribution in [2.24, 2.45) is 0 Å². The predicted molar refractivity (Wildman–Crippen MR) is 89.8 cm³/mol. The molecule has 0 spiro atoms. The smallest absolute Gasteiger partial charge is 0.353 e. The van der Waals surface area contributed by atoms with Crippen LogP contribution in [0.3, 0.4) is 0 Å². The van der Waals surface area contributed by atoms with Gasteiger partial charge in [0.25, 0.3) is 0 Å². The highest BCUT2D eigenvalue weighted by Gasteiger charge is 2.43. The third kappa shape index (κ3) is 3.55. The quantitative estimate of drug-likeness (QED) is 0.348. The number of nitrogens with one attached hydrogen (secondary N) is 2. The van der Waals surface area contributed by atoms with Crippen LogP contribution in [0.1, 0.15) is 0 Å². The molecule has 11 nitrogen and oxygen atoms in total. The Hall–Kier alpha value is -2.86. The molecule has 26 heavy (non-hydrogen) atoms. The Morgan fingerprint density at radius 3 is 2.46 bits per heavy atom. The lowest BCUT2D eigenvalue weighted by Gasteiger charge is -2.17. The molecule has 1 aromatic heterocycles. The van der Waals surface area contributed by atoms with Crippen molar-refractivity contribution in [3.8, 4) is 0 Å². The summed E-state index contributed by atoms with van der Waals surface area (Å²) >= 11 is 0. The standard InChI is InChI=1S/C15H17N5O6/c21-6-9-11(22)12(23)15(26-9)19-14-10(20(24)25)13(16-7-17-14)18-8-4-2-1-3-5-8/h1-5,7,9,11-12,15,21-23H,6H2,(H2,16,17,18,19)/t9-,11-,12-,15-/m1/s1. The first kappa shape index (κ1) is 17.9. The van der Waals surface area contributed by atoms with Crippen LogP contribution in [0, 0.1) is 10.1 Å². The van der Waals surface area contributed by atoms with Crippen LogP contribution in [0.5, 0.6) is 0 Å². The van der Waals surface area contributed by atoms with E-state index in [9.17, 15) is 20.3 Å². The zero-order valence-electron chi connectivity index (χ0n) is 13.4. The second-order valence-electron chi connectivity index (χ2n) is 5.57. The molecule has 0 amide bonds. The minimum Gasteiger partial charge on any atom is -0.394 e. The lowest BCUT2D eigenvalue weighted by atomic mass is 10.1. The summed E-state index contributed by atoms with van der Waals surface area (Å²) in [4.78, 5) is 18.6. The topological polar surface area (TPSA) is 163 Å². The molecule has 138 valence electrons. The minimum absolute atomic E-state index is 0.0505. The molecule has 1 fully saturated rings. The summed E-state index contributed by atoms with van der Waals surface area (Å²) in [6, 6.07) is 8.74. The first-order valence-corrected chi connectivity index (χ1v) is 7.71. The van der Waals surface area contributed by atoms with Crippen molar-refractivity contribution < 1.29 is 25.0 Å². The van der Waals surface area contributed by atoms with E-state index in [0.29, 0.717) is 5.69 Å². The van der Waals surface area contributed by atoms with E-state index in [1.54, 1.807) is 30.3 Å². The van der Waals surface area contributed by atoms with E-state index in [2.05, 4.69) is 20.6 Å². The molecule has 1 aliphatic heterocycles. The molecule has 11 heteroatoms. The van der Waals surface area contributed by atoms with Crippen molar-refractivity contribution in [1.82, 2.24) is 9.97 Å². The lowest BCUT2D eigenvalue weighted by molar-refractivity contribution is -0.383. The van der Waals surface area contributed by atoms with E-state index in [-0.39, 0.29) is 11.6 Å². The van der Waals surface area contributed by atoms with Crippen molar-refractivity contribution in [3.05, 3.63) is 46.8 Å². The Morgan fingerprint density at radius 2 is 1.85 bits per heavy atom. The van der Waals surface area contributed by atoms with Crippen LogP contribution >= 0.6 is 0 Å². The van der Waals surface area contributed by atoms with E-state index < -0.39 is 41.8 Å². The molecule has 0 aliphatic carbocycles. The maximum atomic E-state index is 11.5. The molecular weight excluding hydrogens is 346 g/mol. The summed E-state index contributed by atoms with van der Waals surface area (Å²) in [5.74, 6) is -0.247. The number of hydrogen-bond acceptors (Lipinski definition) is 10. The van der Waals surface area contributed by atoms with Crippen LogP contribution in [0.15, 0.2) is 36.7 Å². The molecule has 2 heterocycles. The van der Waals surface area contributed by atoms with E-state index in [4.69, 9.17) is 9.84 Å². The number of para-hydroxylation sites is 1. The van der Waals surface area contributed by atoms with E-state index >= 15 is 0 Å². The monoisotopic (exact) mass is 363 g/mol. The van der Waals surface area contributed by atoms with Crippen molar-refractivity contribution >= 4 is 23.0 Å². The summed E-state index contributed by atoms with van der Waals surface area (Å²) in [5.41, 5.74) is 0.141. The van der Waals surface area contributed by atoms with Gasteiger partial charge in [0.2, 0.25) is 11.6 Å². The summed E-state index contributed by atoms with van der Waals surface area (Å²) < 4.78 is 5.27. The number of aromatic nitrogens is 2. The fourth-order valence-electron chi connectivity index (χ4n) is 2.56. The van der Waals surface area contributed by atoms with Gasteiger partial charge in [-0.05, 0) is 12.1 Å². The van der Waals surface area contributed by atoms with E-state index in [1.807, 2.05) is 0 Å². The SMILES string of the molecule is O=[N+]([O-])c1c(Nc2ccccc2)ncnc1N[C@@H]1O[C@H](CO)[C@@H](O)[C@H]1O. The molecule has 2 aromatic rings. The van der Waals surface area contributed by atoms with Crippen LogP contribution in [0.2, 0.25) is 0 Å². The van der Waals surface area contributed by atoms with Gasteiger partial charge in [0.15, 0.2) is 6.23 Å². The number of ether oxygens (including phenoxy) is 1. The number of hydrogen-bond donors (Lipinski definition) is 5. The van der Waals surface area contributed by atoms with Crippen LogP contribution in [-0.2, 0) is 4.74 Å². The molecule has 0 unspecified atom stereocenters.